The van der Waals surface area contributed by atoms with Crippen molar-refractivity contribution in [2.45, 2.75) is 76.8 Å². The van der Waals surface area contributed by atoms with Gasteiger partial charge in [0.05, 0.1) is 12.6 Å². The van der Waals surface area contributed by atoms with Crippen LogP contribution in [0.25, 0.3) is 0 Å². The van der Waals surface area contributed by atoms with Crippen molar-refractivity contribution in [3.8, 4) is 0 Å². The lowest BCUT2D eigenvalue weighted by Gasteiger charge is -2.35. The normalized spacial score (nSPS) is 24.6. The fraction of sp³-hybridized carbons (Fsp3) is 0.609. The van der Waals surface area contributed by atoms with Crippen LogP contribution in [0.2, 0.25) is 0 Å². The molecule has 1 aromatic carbocycles. The smallest absolute Gasteiger partial charge is 0.332 e. The Morgan fingerprint density at radius 2 is 1.80 bits per heavy atom. The van der Waals surface area contributed by atoms with Gasteiger partial charge in [0, 0.05) is 19.6 Å². The third-order valence-electron chi connectivity index (χ3n) is 7.03. The maximum absolute atomic E-state index is 12.9. The number of rotatable bonds is 4. The summed E-state index contributed by atoms with van der Waals surface area (Å²) in [6, 6.07) is 8.83. The zero-order valence-electron chi connectivity index (χ0n) is 17.7. The molecular weight excluding hydrogens is 380 g/mol. The highest BCUT2D eigenvalue weighted by molar-refractivity contribution is 5.22. The molecule has 3 heterocycles. The van der Waals surface area contributed by atoms with Crippen LogP contribution in [-0.4, -0.2) is 37.9 Å². The lowest BCUT2D eigenvalue weighted by Crippen LogP contribution is -2.53. The number of hydrogen-bond donors (Lipinski definition) is 0. The zero-order valence-corrected chi connectivity index (χ0v) is 17.7. The second-order valence-electron chi connectivity index (χ2n) is 9.10. The Morgan fingerprint density at radius 1 is 1.07 bits per heavy atom. The van der Waals surface area contributed by atoms with Crippen LogP contribution >= 0.6 is 0 Å². The van der Waals surface area contributed by atoms with E-state index in [1.54, 1.807) is 4.57 Å². The van der Waals surface area contributed by atoms with Crippen LogP contribution in [0.1, 0.15) is 62.0 Å². The molecule has 0 radical (unpaired) electrons. The third-order valence-corrected chi connectivity index (χ3v) is 7.03. The van der Waals surface area contributed by atoms with Gasteiger partial charge in [0.15, 0.2) is 5.82 Å². The van der Waals surface area contributed by atoms with Gasteiger partial charge in [-0.2, -0.15) is 5.10 Å². The molecule has 30 heavy (non-hydrogen) atoms. The van der Waals surface area contributed by atoms with Crippen molar-refractivity contribution in [3.05, 3.63) is 61.9 Å². The maximum atomic E-state index is 12.9. The standard InChI is InChI=1S/C23H30N4O3/c1-2-17-7-9-18(10-8-17)13-25-12-11-23(15-25)16-26-20(14-30-23)24-27(22(29)21(26)28)19-5-3-4-6-19/h7-10,19H,2-6,11-16H2,1H3/t23-/m1/s1. The molecule has 1 saturated heterocycles. The minimum atomic E-state index is -0.478. The van der Waals surface area contributed by atoms with Gasteiger partial charge in [0.25, 0.3) is 0 Å². The van der Waals surface area contributed by atoms with Crippen LogP contribution in [0.4, 0.5) is 0 Å². The molecule has 5 rings (SSSR count). The quantitative estimate of drug-likeness (QED) is 0.723. The van der Waals surface area contributed by atoms with Crippen molar-refractivity contribution in [3.63, 3.8) is 0 Å². The monoisotopic (exact) mass is 410 g/mol. The van der Waals surface area contributed by atoms with E-state index >= 15 is 0 Å². The van der Waals surface area contributed by atoms with Crippen molar-refractivity contribution in [2.75, 3.05) is 13.1 Å². The Hall–Kier alpha value is -2.25. The van der Waals surface area contributed by atoms with Crippen LogP contribution < -0.4 is 11.1 Å². The van der Waals surface area contributed by atoms with E-state index in [4.69, 9.17) is 4.74 Å². The Balaban J connectivity index is 1.33. The number of aryl methyl sites for hydroxylation is 1. The molecule has 0 unspecified atom stereocenters. The van der Waals surface area contributed by atoms with Crippen LogP contribution in [-0.2, 0) is 30.9 Å². The molecule has 7 nitrogen and oxygen atoms in total. The SMILES string of the molecule is CCc1ccc(CN2CC[C@@]3(C2)Cn2c(nn(C4CCCC4)c(=O)c2=O)CO3)cc1. The van der Waals surface area contributed by atoms with Gasteiger partial charge in [-0.3, -0.25) is 19.1 Å². The molecule has 1 aromatic heterocycles. The number of nitrogens with zero attached hydrogens (tertiary/aromatic N) is 4. The molecule has 0 amide bonds. The van der Waals surface area contributed by atoms with Gasteiger partial charge in [-0.25, -0.2) is 4.68 Å². The highest BCUT2D eigenvalue weighted by Crippen LogP contribution is 2.32. The van der Waals surface area contributed by atoms with Crippen molar-refractivity contribution in [1.29, 1.82) is 0 Å². The van der Waals surface area contributed by atoms with Crippen LogP contribution in [0, 0.1) is 0 Å². The van der Waals surface area contributed by atoms with E-state index in [-0.39, 0.29) is 6.04 Å². The first-order valence-electron chi connectivity index (χ1n) is 11.2. The number of benzene rings is 1. The molecule has 2 aliphatic heterocycles. The van der Waals surface area contributed by atoms with E-state index in [2.05, 4.69) is 41.2 Å². The predicted molar refractivity (Wildman–Crippen MR) is 113 cm³/mol. The average molecular weight is 411 g/mol. The van der Waals surface area contributed by atoms with E-state index in [1.807, 2.05) is 0 Å². The van der Waals surface area contributed by atoms with E-state index in [0.29, 0.717) is 19.0 Å². The van der Waals surface area contributed by atoms with Gasteiger partial charge < -0.3 is 4.74 Å². The van der Waals surface area contributed by atoms with Gasteiger partial charge >= 0.3 is 11.1 Å². The minimum Gasteiger partial charge on any atom is -0.364 e. The Morgan fingerprint density at radius 3 is 2.53 bits per heavy atom. The number of aromatic nitrogens is 3. The van der Waals surface area contributed by atoms with Crippen LogP contribution in [0.15, 0.2) is 33.9 Å². The maximum Gasteiger partial charge on any atom is 0.332 e. The Bertz CT molecular complexity index is 1040. The van der Waals surface area contributed by atoms with E-state index in [9.17, 15) is 9.59 Å². The molecule has 0 bridgehead atoms. The summed E-state index contributed by atoms with van der Waals surface area (Å²) in [5, 5.41) is 4.54. The molecule has 2 fully saturated rings. The van der Waals surface area contributed by atoms with Crippen molar-refractivity contribution >= 4 is 0 Å². The second kappa shape index (κ2) is 7.78. The summed E-state index contributed by atoms with van der Waals surface area (Å²) >= 11 is 0. The van der Waals surface area contributed by atoms with Gasteiger partial charge in [0.2, 0.25) is 0 Å². The molecule has 3 aliphatic rings. The summed E-state index contributed by atoms with van der Waals surface area (Å²) < 4.78 is 9.30. The molecule has 0 N–H and O–H groups in total. The third kappa shape index (κ3) is 3.54. The van der Waals surface area contributed by atoms with E-state index in [0.717, 1.165) is 58.2 Å². The second-order valence-corrected chi connectivity index (χ2v) is 9.10. The van der Waals surface area contributed by atoms with Gasteiger partial charge in [-0.05, 0) is 36.8 Å². The van der Waals surface area contributed by atoms with E-state index < -0.39 is 16.7 Å². The minimum absolute atomic E-state index is 0.0630. The first-order chi connectivity index (χ1) is 14.6. The predicted octanol–water partition coefficient (Wildman–Crippen LogP) is 2.26. The number of likely N-dealkylation sites (tertiary alicyclic amines) is 1. The highest BCUT2D eigenvalue weighted by Gasteiger charge is 2.43. The molecule has 160 valence electrons. The lowest BCUT2D eigenvalue weighted by atomic mass is 10.0. The summed E-state index contributed by atoms with van der Waals surface area (Å²) in [6.07, 6.45) is 5.94. The molecular formula is C23H30N4O3. The molecule has 1 saturated carbocycles. The first kappa shape index (κ1) is 19.7. The molecule has 1 aliphatic carbocycles. The summed E-state index contributed by atoms with van der Waals surface area (Å²) in [4.78, 5) is 28.0. The lowest BCUT2D eigenvalue weighted by molar-refractivity contribution is -0.0860. The Kier molecular flexibility index (Phi) is 5.11. The topological polar surface area (TPSA) is 69.4 Å². The molecule has 1 spiro atoms. The molecule has 1 atom stereocenters. The van der Waals surface area contributed by atoms with Crippen LogP contribution in [0.3, 0.4) is 0 Å². The van der Waals surface area contributed by atoms with Gasteiger partial charge in [-0.1, -0.05) is 44.0 Å². The van der Waals surface area contributed by atoms with Gasteiger partial charge in [-0.15, -0.1) is 0 Å². The zero-order chi connectivity index (χ0) is 20.7. The first-order valence-corrected chi connectivity index (χ1v) is 11.2. The molecule has 7 heteroatoms. The summed E-state index contributed by atoms with van der Waals surface area (Å²) in [7, 11) is 0. The number of hydrogen-bond acceptors (Lipinski definition) is 5. The number of fused-ring (bicyclic) bond motifs is 1. The summed E-state index contributed by atoms with van der Waals surface area (Å²) in [5.41, 5.74) is 1.31. The Labute approximate surface area is 176 Å². The largest absolute Gasteiger partial charge is 0.364 e. The van der Waals surface area contributed by atoms with Crippen LogP contribution in [0.5, 0.6) is 0 Å². The molecule has 2 aromatic rings. The van der Waals surface area contributed by atoms with Crippen molar-refractivity contribution in [1.82, 2.24) is 19.2 Å². The number of ether oxygens (including phenoxy) is 1. The fourth-order valence-corrected chi connectivity index (χ4v) is 5.22. The summed E-state index contributed by atoms with van der Waals surface area (Å²) in [5.74, 6) is 0.589. The van der Waals surface area contributed by atoms with E-state index in [1.165, 1.54) is 15.8 Å². The fourth-order valence-electron chi connectivity index (χ4n) is 5.22. The summed E-state index contributed by atoms with van der Waals surface area (Å²) in [6.45, 7) is 5.43. The average Bonchev–Trinajstić information content (AvgIpc) is 3.43. The van der Waals surface area contributed by atoms with Crippen molar-refractivity contribution < 1.29 is 4.74 Å². The van der Waals surface area contributed by atoms with Gasteiger partial charge in [0.1, 0.15) is 12.2 Å². The van der Waals surface area contributed by atoms with Crippen molar-refractivity contribution in [2.24, 2.45) is 0 Å². The highest BCUT2D eigenvalue weighted by atomic mass is 16.5.